The van der Waals surface area contributed by atoms with Crippen LogP contribution in [0.25, 0.3) is 0 Å². The van der Waals surface area contributed by atoms with Crippen LogP contribution in [0.2, 0.25) is 0 Å². The Hall–Kier alpha value is -2.00. The normalized spacial score (nSPS) is 10.4. The molecule has 0 aliphatic rings. The van der Waals surface area contributed by atoms with Crippen molar-refractivity contribution in [2.24, 2.45) is 0 Å². The van der Waals surface area contributed by atoms with Crippen molar-refractivity contribution >= 4 is 44.3 Å². The number of aromatic nitrogens is 2. The highest BCUT2D eigenvalue weighted by molar-refractivity contribution is 9.10. The van der Waals surface area contributed by atoms with Gasteiger partial charge in [0.2, 0.25) is 5.91 Å². The van der Waals surface area contributed by atoms with Gasteiger partial charge in [-0.15, -0.1) is 0 Å². The van der Waals surface area contributed by atoms with Crippen LogP contribution < -0.4 is 10.9 Å². The molecule has 9 heteroatoms. The van der Waals surface area contributed by atoms with Crippen LogP contribution in [0.1, 0.15) is 20.9 Å². The second kappa shape index (κ2) is 7.05. The lowest BCUT2D eigenvalue weighted by Gasteiger charge is -2.07. The molecule has 0 saturated heterocycles. The zero-order valence-corrected chi connectivity index (χ0v) is 15.1. The van der Waals surface area contributed by atoms with Crippen LogP contribution in [0, 0.1) is 13.8 Å². The number of hydrogen-bond donors (Lipinski definition) is 1. The van der Waals surface area contributed by atoms with Crippen molar-refractivity contribution < 1.29 is 14.3 Å². The molecule has 0 aliphatic heterocycles. The zero-order valence-electron chi connectivity index (χ0n) is 12.7. The van der Waals surface area contributed by atoms with E-state index in [4.69, 9.17) is 0 Å². The van der Waals surface area contributed by atoms with E-state index in [-0.39, 0.29) is 17.2 Å². The summed E-state index contributed by atoms with van der Waals surface area (Å²) in [5.41, 5.74) is 0.770. The molecule has 0 fully saturated rings. The first-order chi connectivity index (χ1) is 10.8. The smallest absolute Gasteiger partial charge is 0.350 e. The van der Waals surface area contributed by atoms with Gasteiger partial charge in [0, 0.05) is 16.2 Å². The van der Waals surface area contributed by atoms with Crippen LogP contribution >= 0.6 is 27.3 Å². The third-order valence-corrected chi connectivity index (χ3v) is 4.45. The average Bonchev–Trinajstić information content (AvgIpc) is 2.83. The lowest BCUT2D eigenvalue weighted by molar-refractivity contribution is -0.116. The van der Waals surface area contributed by atoms with E-state index in [2.05, 4.69) is 31.0 Å². The highest BCUT2D eigenvalue weighted by Crippen LogP contribution is 2.23. The summed E-state index contributed by atoms with van der Waals surface area (Å²) >= 11 is 4.31. The van der Waals surface area contributed by atoms with Gasteiger partial charge in [0.05, 0.1) is 12.8 Å². The highest BCUT2D eigenvalue weighted by Gasteiger charge is 2.17. The molecule has 0 unspecified atom stereocenters. The molecule has 0 aliphatic carbocycles. The number of halogens is 1. The van der Waals surface area contributed by atoms with E-state index < -0.39 is 11.9 Å². The van der Waals surface area contributed by atoms with E-state index in [0.717, 1.165) is 11.3 Å². The molecule has 2 heterocycles. The van der Waals surface area contributed by atoms with Gasteiger partial charge >= 0.3 is 5.97 Å². The molecule has 1 N–H and O–H groups in total. The predicted molar refractivity (Wildman–Crippen MR) is 90.0 cm³/mol. The number of carbonyl (C=O) groups is 2. The van der Waals surface area contributed by atoms with E-state index in [1.807, 2.05) is 0 Å². The highest BCUT2D eigenvalue weighted by atomic mass is 79.9. The van der Waals surface area contributed by atoms with Gasteiger partial charge in [-0.05, 0) is 35.8 Å². The number of methoxy groups -OCH3 is 1. The second-order valence-corrected chi connectivity index (χ2v) is 6.66. The Morgan fingerprint density at radius 3 is 2.78 bits per heavy atom. The quantitative estimate of drug-likeness (QED) is 0.794. The van der Waals surface area contributed by atoms with Crippen LogP contribution in [0.5, 0.6) is 0 Å². The van der Waals surface area contributed by atoms with Gasteiger partial charge in [-0.25, -0.2) is 9.78 Å². The number of ether oxygens (including phenoxy) is 1. The molecule has 2 aromatic rings. The molecule has 2 rings (SSSR count). The van der Waals surface area contributed by atoms with E-state index >= 15 is 0 Å². The van der Waals surface area contributed by atoms with E-state index in [1.165, 1.54) is 11.7 Å². The summed E-state index contributed by atoms with van der Waals surface area (Å²) in [4.78, 5) is 40.0. The number of nitrogens with one attached hydrogen (secondary N) is 1. The molecule has 0 saturated carbocycles. The fourth-order valence-corrected chi connectivity index (χ4v) is 3.39. The Kier molecular flexibility index (Phi) is 5.32. The lowest BCUT2D eigenvalue weighted by Crippen LogP contribution is -2.28. The Balaban J connectivity index is 2.15. The van der Waals surface area contributed by atoms with Crippen LogP contribution in [-0.2, 0) is 16.1 Å². The number of rotatable bonds is 4. The SMILES string of the molecule is COC(=O)c1sc(NC(=O)Cn2cc(Br)cc(C)c2=O)nc1C. The monoisotopic (exact) mass is 399 g/mol. The zero-order chi connectivity index (χ0) is 17.1. The molecule has 7 nitrogen and oxygen atoms in total. The molecular formula is C14H14BrN3O4S. The van der Waals surface area contributed by atoms with Crippen molar-refractivity contribution in [2.45, 2.75) is 20.4 Å². The largest absolute Gasteiger partial charge is 0.465 e. The van der Waals surface area contributed by atoms with Crippen LogP contribution in [0.15, 0.2) is 21.5 Å². The summed E-state index contributed by atoms with van der Waals surface area (Å²) in [6.07, 6.45) is 1.54. The third kappa shape index (κ3) is 4.05. The summed E-state index contributed by atoms with van der Waals surface area (Å²) in [6, 6.07) is 1.68. The van der Waals surface area contributed by atoms with Gasteiger partial charge in [0.25, 0.3) is 5.56 Å². The van der Waals surface area contributed by atoms with Crippen molar-refractivity contribution in [3.63, 3.8) is 0 Å². The molecule has 0 bridgehead atoms. The number of pyridine rings is 1. The third-order valence-electron chi connectivity index (χ3n) is 2.96. The first-order valence-corrected chi connectivity index (χ1v) is 8.15. The number of nitrogens with zero attached hydrogens (tertiary/aromatic N) is 2. The van der Waals surface area contributed by atoms with E-state index in [9.17, 15) is 14.4 Å². The number of esters is 1. The standard InChI is InChI=1S/C14H14BrN3O4S/c1-7-4-9(15)5-18(12(7)20)6-10(19)17-14-16-8(2)11(23-14)13(21)22-3/h4-5H,6H2,1-3H3,(H,16,17,19). The maximum Gasteiger partial charge on any atom is 0.350 e. The summed E-state index contributed by atoms with van der Waals surface area (Å²) in [6.45, 7) is 3.18. The molecular weight excluding hydrogens is 386 g/mol. The van der Waals surface area contributed by atoms with Crippen LogP contribution in [0.4, 0.5) is 5.13 Å². The van der Waals surface area contributed by atoms with Crippen molar-refractivity contribution in [1.82, 2.24) is 9.55 Å². The number of thiazole rings is 1. The van der Waals surface area contributed by atoms with Crippen molar-refractivity contribution in [1.29, 1.82) is 0 Å². The minimum absolute atomic E-state index is 0.148. The van der Waals surface area contributed by atoms with Crippen molar-refractivity contribution in [2.75, 3.05) is 12.4 Å². The molecule has 2 aromatic heterocycles. The van der Waals surface area contributed by atoms with E-state index in [0.29, 0.717) is 20.6 Å². The van der Waals surface area contributed by atoms with Gasteiger partial charge < -0.3 is 14.6 Å². The first kappa shape index (κ1) is 17.4. The first-order valence-electron chi connectivity index (χ1n) is 6.54. The summed E-state index contributed by atoms with van der Waals surface area (Å²) < 4.78 is 6.65. The topological polar surface area (TPSA) is 90.3 Å². The molecule has 0 aromatic carbocycles. The molecule has 122 valence electrons. The Morgan fingerprint density at radius 2 is 2.13 bits per heavy atom. The summed E-state index contributed by atoms with van der Waals surface area (Å²) in [5.74, 6) is -0.908. The van der Waals surface area contributed by atoms with Gasteiger partial charge in [0.1, 0.15) is 11.4 Å². The maximum atomic E-state index is 12.1. The Labute approximate surface area is 144 Å². The summed E-state index contributed by atoms with van der Waals surface area (Å²) in [7, 11) is 1.28. The van der Waals surface area contributed by atoms with Gasteiger partial charge in [-0.3, -0.25) is 9.59 Å². The number of aryl methyl sites for hydroxylation is 2. The van der Waals surface area contributed by atoms with Gasteiger partial charge in [0.15, 0.2) is 5.13 Å². The Morgan fingerprint density at radius 1 is 1.43 bits per heavy atom. The fraction of sp³-hybridized carbons (Fsp3) is 0.286. The fourth-order valence-electron chi connectivity index (χ4n) is 1.90. The van der Waals surface area contributed by atoms with Crippen LogP contribution in [-0.4, -0.2) is 28.5 Å². The van der Waals surface area contributed by atoms with E-state index in [1.54, 1.807) is 26.1 Å². The maximum absolute atomic E-state index is 12.1. The molecule has 0 radical (unpaired) electrons. The number of anilines is 1. The Bertz CT molecular complexity index is 828. The minimum Gasteiger partial charge on any atom is -0.465 e. The number of hydrogen-bond acceptors (Lipinski definition) is 6. The molecule has 1 amide bonds. The minimum atomic E-state index is -0.501. The number of carbonyl (C=O) groups excluding carboxylic acids is 2. The van der Waals surface area contributed by atoms with Crippen LogP contribution in [0.3, 0.4) is 0 Å². The van der Waals surface area contributed by atoms with Crippen molar-refractivity contribution in [3.8, 4) is 0 Å². The number of amides is 1. The predicted octanol–water partition coefficient (Wildman–Crippen LogP) is 2.11. The van der Waals surface area contributed by atoms with Gasteiger partial charge in [-0.1, -0.05) is 11.3 Å². The summed E-state index contributed by atoms with van der Waals surface area (Å²) in [5, 5.41) is 2.87. The molecule has 23 heavy (non-hydrogen) atoms. The average molecular weight is 400 g/mol. The second-order valence-electron chi connectivity index (χ2n) is 4.75. The van der Waals surface area contributed by atoms with Crippen molar-refractivity contribution in [3.05, 3.63) is 43.2 Å². The molecule has 0 spiro atoms. The lowest BCUT2D eigenvalue weighted by atomic mass is 10.3. The molecule has 0 atom stereocenters. The van der Waals surface area contributed by atoms with Gasteiger partial charge in [-0.2, -0.15) is 0 Å².